The molecule has 0 radical (unpaired) electrons. The number of halogens is 1. The van der Waals surface area contributed by atoms with E-state index in [1.807, 2.05) is 0 Å². The summed E-state index contributed by atoms with van der Waals surface area (Å²) in [6.45, 7) is 11.0. The van der Waals surface area contributed by atoms with Gasteiger partial charge in [-0.1, -0.05) is 13.3 Å². The summed E-state index contributed by atoms with van der Waals surface area (Å²) >= 11 is 0. The van der Waals surface area contributed by atoms with Crippen LogP contribution in [0.25, 0.3) is 0 Å². The molecule has 1 atom stereocenters. The molecule has 2 fully saturated rings. The van der Waals surface area contributed by atoms with Crippen LogP contribution in [0.5, 0.6) is 0 Å². The fourth-order valence-electron chi connectivity index (χ4n) is 3.09. The molecule has 2 aliphatic rings. The van der Waals surface area contributed by atoms with E-state index in [0.717, 1.165) is 38.4 Å². The molecule has 3 N–H and O–H groups in total. The molecule has 1 saturated carbocycles. The van der Waals surface area contributed by atoms with Crippen molar-refractivity contribution in [1.29, 1.82) is 0 Å². The molecule has 0 aromatic carbocycles. The average molecular weight is 465 g/mol. The number of piperidine rings is 1. The lowest BCUT2D eigenvalue weighted by Gasteiger charge is -2.28. The lowest BCUT2D eigenvalue weighted by molar-refractivity contribution is -0.122. The maximum atomic E-state index is 11.6. The predicted molar refractivity (Wildman–Crippen MR) is 115 cm³/mol. The van der Waals surface area contributed by atoms with Crippen molar-refractivity contribution in [1.82, 2.24) is 20.9 Å². The molecule has 1 saturated heterocycles. The Morgan fingerprint density at radius 3 is 2.44 bits per heavy atom. The van der Waals surface area contributed by atoms with Crippen LogP contribution in [0, 0.1) is 11.8 Å². The normalized spacial score (nSPS) is 19.7. The van der Waals surface area contributed by atoms with Gasteiger partial charge in [-0.2, -0.15) is 0 Å². The third kappa shape index (κ3) is 9.63. The number of nitrogens with zero attached hydrogens (tertiary/aromatic N) is 2. The number of carbonyl (C=O) groups excluding carboxylic acids is 1. The Morgan fingerprint density at radius 1 is 1.12 bits per heavy atom. The van der Waals surface area contributed by atoms with Crippen LogP contribution < -0.4 is 16.0 Å². The Hall–Kier alpha value is -0.570. The molecule has 1 aliphatic carbocycles. The number of rotatable bonds is 9. The summed E-state index contributed by atoms with van der Waals surface area (Å²) in [6.07, 6.45) is 6.17. The van der Waals surface area contributed by atoms with Gasteiger partial charge in [-0.25, -0.2) is 0 Å². The smallest absolute Gasteiger partial charge is 0.223 e. The largest absolute Gasteiger partial charge is 0.357 e. The maximum absolute atomic E-state index is 11.6. The molecule has 7 heteroatoms. The zero-order valence-corrected chi connectivity index (χ0v) is 18.2. The minimum absolute atomic E-state index is 0. The van der Waals surface area contributed by atoms with Gasteiger partial charge in [0.05, 0.1) is 0 Å². The topological polar surface area (TPSA) is 68.8 Å². The van der Waals surface area contributed by atoms with E-state index in [1.165, 1.54) is 32.4 Å². The molecule has 0 aromatic rings. The fourth-order valence-corrected chi connectivity index (χ4v) is 3.09. The van der Waals surface area contributed by atoms with Gasteiger partial charge in [0, 0.05) is 38.6 Å². The molecule has 1 aliphatic heterocycles. The highest BCUT2D eigenvalue weighted by atomic mass is 127. The van der Waals surface area contributed by atoms with Crippen molar-refractivity contribution in [2.75, 3.05) is 45.8 Å². The number of hydrogen-bond acceptors (Lipinski definition) is 3. The van der Waals surface area contributed by atoms with Gasteiger partial charge in [0.1, 0.15) is 0 Å². The zero-order chi connectivity index (χ0) is 17.2. The standard InChI is InChI=1S/C18H35N5O.HI/c1-3-19-18(21-10-9-20-17(24)16-7-8-16)22-13-15(2)14-23-11-5-4-6-12-23;/h15-16H,3-14H2,1-2H3,(H,20,24)(H2,19,21,22);1H. The van der Waals surface area contributed by atoms with Crippen molar-refractivity contribution in [3.05, 3.63) is 0 Å². The van der Waals surface area contributed by atoms with Crippen molar-refractivity contribution >= 4 is 35.8 Å². The van der Waals surface area contributed by atoms with Gasteiger partial charge in [0.2, 0.25) is 5.91 Å². The minimum atomic E-state index is 0. The van der Waals surface area contributed by atoms with Gasteiger partial charge in [-0.05, 0) is 51.6 Å². The van der Waals surface area contributed by atoms with Gasteiger partial charge in [-0.15, -0.1) is 24.0 Å². The van der Waals surface area contributed by atoms with Crippen LogP contribution in [0.15, 0.2) is 4.99 Å². The molecule has 0 bridgehead atoms. The second-order valence-electron chi connectivity index (χ2n) is 7.18. The van der Waals surface area contributed by atoms with Crippen LogP contribution in [-0.4, -0.2) is 62.6 Å². The Labute approximate surface area is 170 Å². The first-order valence-corrected chi connectivity index (χ1v) is 9.71. The molecule has 1 heterocycles. The Morgan fingerprint density at radius 2 is 1.80 bits per heavy atom. The van der Waals surface area contributed by atoms with E-state index in [4.69, 9.17) is 4.99 Å². The summed E-state index contributed by atoms with van der Waals surface area (Å²) < 4.78 is 0. The maximum Gasteiger partial charge on any atom is 0.223 e. The zero-order valence-electron chi connectivity index (χ0n) is 15.9. The Bertz CT molecular complexity index is 408. The predicted octanol–water partition coefficient (Wildman–Crippen LogP) is 1.81. The van der Waals surface area contributed by atoms with E-state index in [9.17, 15) is 4.79 Å². The Kier molecular flexibility index (Phi) is 11.4. The molecule has 25 heavy (non-hydrogen) atoms. The third-order valence-corrected chi connectivity index (χ3v) is 4.59. The minimum Gasteiger partial charge on any atom is -0.357 e. The highest BCUT2D eigenvalue weighted by molar-refractivity contribution is 14.0. The van der Waals surface area contributed by atoms with Crippen molar-refractivity contribution in [2.45, 2.75) is 46.0 Å². The SMILES string of the molecule is CCNC(=NCC(C)CN1CCCCC1)NCCNC(=O)C1CC1.I. The first-order chi connectivity index (χ1) is 11.7. The van der Waals surface area contributed by atoms with E-state index in [0.29, 0.717) is 19.0 Å². The first-order valence-electron chi connectivity index (χ1n) is 9.71. The number of guanidine groups is 1. The van der Waals surface area contributed by atoms with Crippen LogP contribution in [0.4, 0.5) is 0 Å². The van der Waals surface area contributed by atoms with E-state index >= 15 is 0 Å². The van der Waals surface area contributed by atoms with E-state index < -0.39 is 0 Å². The van der Waals surface area contributed by atoms with Gasteiger partial charge in [0.15, 0.2) is 5.96 Å². The quantitative estimate of drug-likeness (QED) is 0.210. The summed E-state index contributed by atoms with van der Waals surface area (Å²) in [5.41, 5.74) is 0. The third-order valence-electron chi connectivity index (χ3n) is 4.59. The van der Waals surface area contributed by atoms with E-state index in [2.05, 4.69) is 34.7 Å². The molecule has 1 unspecified atom stereocenters. The van der Waals surface area contributed by atoms with Crippen molar-refractivity contribution in [3.8, 4) is 0 Å². The van der Waals surface area contributed by atoms with Crippen LogP contribution in [0.1, 0.15) is 46.0 Å². The Balaban J connectivity index is 0.00000312. The summed E-state index contributed by atoms with van der Waals surface area (Å²) in [7, 11) is 0. The van der Waals surface area contributed by atoms with Crippen LogP contribution in [-0.2, 0) is 4.79 Å². The van der Waals surface area contributed by atoms with Gasteiger partial charge >= 0.3 is 0 Å². The highest BCUT2D eigenvalue weighted by Crippen LogP contribution is 2.28. The monoisotopic (exact) mass is 465 g/mol. The van der Waals surface area contributed by atoms with Crippen LogP contribution in [0.3, 0.4) is 0 Å². The summed E-state index contributed by atoms with van der Waals surface area (Å²) in [4.78, 5) is 18.9. The number of carbonyl (C=O) groups is 1. The second-order valence-corrected chi connectivity index (χ2v) is 7.18. The molecule has 2 rings (SSSR count). The molecule has 1 amide bonds. The van der Waals surface area contributed by atoms with Crippen LogP contribution in [0.2, 0.25) is 0 Å². The average Bonchev–Trinajstić information content (AvgIpc) is 3.42. The molecule has 0 spiro atoms. The second kappa shape index (κ2) is 12.7. The number of likely N-dealkylation sites (tertiary alicyclic amines) is 1. The van der Waals surface area contributed by atoms with Crippen molar-refractivity contribution in [2.24, 2.45) is 16.8 Å². The van der Waals surface area contributed by atoms with Gasteiger partial charge in [0.25, 0.3) is 0 Å². The summed E-state index contributed by atoms with van der Waals surface area (Å²) in [5.74, 6) is 1.90. The molecular weight excluding hydrogens is 429 g/mol. The first kappa shape index (κ1) is 22.5. The number of nitrogens with one attached hydrogen (secondary N) is 3. The lowest BCUT2D eigenvalue weighted by Crippen LogP contribution is -2.42. The number of amides is 1. The van der Waals surface area contributed by atoms with Gasteiger partial charge in [-0.3, -0.25) is 9.79 Å². The molecular formula is C18H36IN5O. The lowest BCUT2D eigenvalue weighted by atomic mass is 10.1. The van der Waals surface area contributed by atoms with Crippen molar-refractivity contribution < 1.29 is 4.79 Å². The molecule has 6 nitrogen and oxygen atoms in total. The number of aliphatic imine (C=N–C) groups is 1. The summed E-state index contributed by atoms with van der Waals surface area (Å²) in [6, 6.07) is 0. The van der Waals surface area contributed by atoms with Gasteiger partial charge < -0.3 is 20.9 Å². The van der Waals surface area contributed by atoms with E-state index in [-0.39, 0.29) is 35.8 Å². The fraction of sp³-hybridized carbons (Fsp3) is 0.889. The van der Waals surface area contributed by atoms with Crippen LogP contribution >= 0.6 is 24.0 Å². The van der Waals surface area contributed by atoms with Crippen molar-refractivity contribution in [3.63, 3.8) is 0 Å². The number of hydrogen-bond donors (Lipinski definition) is 3. The molecule has 146 valence electrons. The van der Waals surface area contributed by atoms with E-state index in [1.54, 1.807) is 0 Å². The molecule has 0 aromatic heterocycles. The highest BCUT2D eigenvalue weighted by Gasteiger charge is 2.28. The summed E-state index contributed by atoms with van der Waals surface area (Å²) in [5, 5.41) is 9.55.